The molecule has 1 amide bonds. The van der Waals surface area contributed by atoms with Gasteiger partial charge in [0.15, 0.2) is 0 Å². The first-order valence-corrected chi connectivity index (χ1v) is 7.82. The fourth-order valence-electron chi connectivity index (χ4n) is 2.39. The van der Waals surface area contributed by atoms with Crippen molar-refractivity contribution in [1.29, 1.82) is 0 Å². The molecule has 1 aliphatic heterocycles. The highest BCUT2D eigenvalue weighted by Gasteiger charge is 2.29. The summed E-state index contributed by atoms with van der Waals surface area (Å²) in [6.45, 7) is 6.07. The Hall–Kier alpha value is -0.640. The van der Waals surface area contributed by atoms with Crippen LogP contribution in [0.5, 0.6) is 0 Å². The lowest BCUT2D eigenvalue weighted by Gasteiger charge is -2.39. The van der Waals surface area contributed by atoms with E-state index in [1.54, 1.807) is 0 Å². The van der Waals surface area contributed by atoms with Crippen molar-refractivity contribution >= 4 is 16.7 Å². The monoisotopic (exact) mass is 257 g/mol. The van der Waals surface area contributed by atoms with Crippen molar-refractivity contribution in [3.8, 4) is 0 Å². The molecule has 0 unspecified atom stereocenters. The summed E-state index contributed by atoms with van der Waals surface area (Å²) >= 11 is 0. The number of amides is 1. The number of hydrogen-bond acceptors (Lipinski definition) is 2. The molecule has 0 aliphatic carbocycles. The first-order valence-electron chi connectivity index (χ1n) is 6.33. The molecule has 3 atom stereocenters. The van der Waals surface area contributed by atoms with Crippen molar-refractivity contribution in [2.24, 2.45) is 0 Å². The summed E-state index contributed by atoms with van der Waals surface area (Å²) in [5.41, 5.74) is 0. The second-order valence-electron chi connectivity index (χ2n) is 4.75. The van der Waals surface area contributed by atoms with Crippen LogP contribution < -0.4 is 0 Å². The van der Waals surface area contributed by atoms with E-state index in [-0.39, 0.29) is 11.7 Å². The predicted octanol–water partition coefficient (Wildman–Crippen LogP) is 2.10. The summed E-state index contributed by atoms with van der Waals surface area (Å²) < 4.78 is 11.7. The zero-order valence-corrected chi connectivity index (χ0v) is 11.8. The fraction of sp³-hybridized carbons (Fsp3) is 0.769. The molecule has 0 spiro atoms. The molecule has 1 fully saturated rings. The quantitative estimate of drug-likeness (QED) is 0.723. The molecule has 4 heteroatoms. The van der Waals surface area contributed by atoms with Crippen molar-refractivity contribution in [1.82, 2.24) is 4.90 Å². The lowest BCUT2D eigenvalue weighted by atomic mass is 9.98. The maximum absolute atomic E-state index is 12.1. The second-order valence-corrected chi connectivity index (χ2v) is 6.25. The third kappa shape index (κ3) is 4.26. The number of likely N-dealkylation sites (tertiary alicyclic amines) is 1. The van der Waals surface area contributed by atoms with Crippen molar-refractivity contribution in [2.45, 2.75) is 52.1 Å². The van der Waals surface area contributed by atoms with E-state index in [1.807, 2.05) is 24.0 Å². The molecule has 0 saturated carbocycles. The Morgan fingerprint density at radius 2 is 1.94 bits per heavy atom. The fourth-order valence-corrected chi connectivity index (χ4v) is 3.34. The molecule has 1 aliphatic rings. The molecule has 3 nitrogen and oxygen atoms in total. The first kappa shape index (κ1) is 14.4. The number of carbonyl (C=O) groups is 1. The van der Waals surface area contributed by atoms with Gasteiger partial charge in [0, 0.05) is 28.6 Å². The van der Waals surface area contributed by atoms with E-state index < -0.39 is 10.8 Å². The summed E-state index contributed by atoms with van der Waals surface area (Å²) in [4.78, 5) is 14.0. The van der Waals surface area contributed by atoms with Gasteiger partial charge >= 0.3 is 0 Å². The predicted molar refractivity (Wildman–Crippen MR) is 72.3 cm³/mol. The van der Waals surface area contributed by atoms with Crippen molar-refractivity contribution in [3.63, 3.8) is 0 Å². The van der Waals surface area contributed by atoms with Crippen molar-refractivity contribution < 1.29 is 9.00 Å². The topological polar surface area (TPSA) is 37.4 Å². The minimum absolute atomic E-state index is 0.0486. The third-order valence-electron chi connectivity index (χ3n) is 3.28. The van der Waals surface area contributed by atoms with E-state index in [4.69, 9.17) is 0 Å². The molecule has 0 aromatic carbocycles. The molecule has 0 aromatic heterocycles. The molecular formula is C13H23NO2S. The molecular weight excluding hydrogens is 234 g/mol. The van der Waals surface area contributed by atoms with Crippen LogP contribution in [-0.2, 0) is 15.6 Å². The maximum atomic E-state index is 12.1. The van der Waals surface area contributed by atoms with Crippen LogP contribution in [0.3, 0.4) is 0 Å². The van der Waals surface area contributed by atoms with Crippen LogP contribution in [0.1, 0.15) is 40.0 Å². The summed E-state index contributed by atoms with van der Waals surface area (Å²) in [6.07, 6.45) is 7.05. The molecule has 0 bridgehead atoms. The number of hydrogen-bond donors (Lipinski definition) is 0. The lowest BCUT2D eigenvalue weighted by molar-refractivity contribution is -0.134. The van der Waals surface area contributed by atoms with E-state index >= 15 is 0 Å². The van der Waals surface area contributed by atoms with Crippen molar-refractivity contribution in [2.75, 3.05) is 11.5 Å². The Labute approximate surface area is 107 Å². The van der Waals surface area contributed by atoms with Crippen LogP contribution in [-0.4, -0.2) is 38.6 Å². The van der Waals surface area contributed by atoms with Gasteiger partial charge in [0.2, 0.25) is 5.91 Å². The normalized spacial score (nSPS) is 27.4. The summed E-state index contributed by atoms with van der Waals surface area (Å²) in [5.74, 6) is 0.699. The highest BCUT2D eigenvalue weighted by atomic mass is 32.2. The minimum Gasteiger partial charge on any atom is -0.336 e. The van der Waals surface area contributed by atoms with Gasteiger partial charge in [0.1, 0.15) is 5.75 Å². The van der Waals surface area contributed by atoms with E-state index in [0.29, 0.717) is 17.8 Å². The highest BCUT2D eigenvalue weighted by molar-refractivity contribution is 7.85. The van der Waals surface area contributed by atoms with Gasteiger partial charge < -0.3 is 4.90 Å². The van der Waals surface area contributed by atoms with E-state index in [2.05, 4.69) is 13.8 Å². The molecule has 17 heavy (non-hydrogen) atoms. The Morgan fingerprint density at radius 3 is 2.47 bits per heavy atom. The van der Waals surface area contributed by atoms with Gasteiger partial charge in [-0.2, -0.15) is 0 Å². The smallest absolute Gasteiger partial charge is 0.235 e. The molecule has 1 heterocycles. The lowest BCUT2D eigenvalue weighted by Crippen LogP contribution is -2.49. The Kier molecular flexibility index (Phi) is 5.89. The molecule has 1 saturated heterocycles. The van der Waals surface area contributed by atoms with E-state index in [1.165, 1.54) is 6.42 Å². The first-order chi connectivity index (χ1) is 8.06. The highest BCUT2D eigenvalue weighted by Crippen LogP contribution is 2.22. The number of allylic oxidation sites excluding steroid dienone is 1. The summed E-state index contributed by atoms with van der Waals surface area (Å²) in [5, 5.41) is 0. The van der Waals surface area contributed by atoms with E-state index in [9.17, 15) is 9.00 Å². The number of piperidine rings is 1. The Balaban J connectivity index is 2.53. The van der Waals surface area contributed by atoms with Crippen LogP contribution in [0, 0.1) is 0 Å². The zero-order chi connectivity index (χ0) is 12.8. The van der Waals surface area contributed by atoms with Gasteiger partial charge in [-0.1, -0.05) is 12.2 Å². The standard InChI is InChI=1S/C13H23NO2S/c1-4-5-9-17(16)10-13(15)14-11(2)7-6-8-12(14)3/h4-5,11-12H,6-10H2,1-3H3/b5-4+/t11-,12+,17-/m1/s1. The Morgan fingerprint density at radius 1 is 1.35 bits per heavy atom. The van der Waals surface area contributed by atoms with Gasteiger partial charge in [-0.25, -0.2) is 0 Å². The SMILES string of the molecule is C/C=C/C[S@@](=O)CC(=O)N1[C@H](C)CCC[C@@H]1C. The number of rotatable bonds is 4. The van der Waals surface area contributed by atoms with Gasteiger partial charge in [-0.3, -0.25) is 9.00 Å². The van der Waals surface area contributed by atoms with Gasteiger partial charge in [-0.15, -0.1) is 0 Å². The van der Waals surface area contributed by atoms with Crippen LogP contribution in [0.25, 0.3) is 0 Å². The van der Waals surface area contributed by atoms with Crippen LogP contribution in [0.2, 0.25) is 0 Å². The molecule has 0 aromatic rings. The van der Waals surface area contributed by atoms with E-state index in [0.717, 1.165) is 12.8 Å². The van der Waals surface area contributed by atoms with Crippen LogP contribution in [0.4, 0.5) is 0 Å². The average Bonchev–Trinajstić information content (AvgIpc) is 2.26. The average molecular weight is 257 g/mol. The molecule has 0 N–H and O–H groups in total. The number of nitrogens with zero attached hydrogens (tertiary/aromatic N) is 1. The van der Waals surface area contributed by atoms with Crippen LogP contribution in [0.15, 0.2) is 12.2 Å². The summed E-state index contributed by atoms with van der Waals surface area (Å²) in [6, 6.07) is 0.593. The van der Waals surface area contributed by atoms with Gasteiger partial charge in [0.05, 0.1) is 0 Å². The maximum Gasteiger partial charge on any atom is 0.235 e. The summed E-state index contributed by atoms with van der Waals surface area (Å²) in [7, 11) is -1.06. The molecule has 0 radical (unpaired) electrons. The molecule has 1 rings (SSSR count). The zero-order valence-electron chi connectivity index (χ0n) is 11.0. The molecule has 98 valence electrons. The van der Waals surface area contributed by atoms with Crippen LogP contribution >= 0.6 is 0 Å². The Bertz CT molecular complexity index is 305. The van der Waals surface area contributed by atoms with Crippen molar-refractivity contribution in [3.05, 3.63) is 12.2 Å². The second kappa shape index (κ2) is 6.94. The number of carbonyl (C=O) groups excluding carboxylic acids is 1. The third-order valence-corrected chi connectivity index (χ3v) is 4.42. The minimum atomic E-state index is -1.06. The largest absolute Gasteiger partial charge is 0.336 e. The van der Waals surface area contributed by atoms with Gasteiger partial charge in [0.25, 0.3) is 0 Å². The van der Waals surface area contributed by atoms with Gasteiger partial charge in [-0.05, 0) is 40.0 Å².